The molecule has 16 atom stereocenters. The summed E-state index contributed by atoms with van der Waals surface area (Å²) in [5.74, 6) is -5.77. The third-order valence-electron chi connectivity index (χ3n) is 14.7. The highest BCUT2D eigenvalue weighted by molar-refractivity contribution is 6.31. The molecule has 0 aliphatic carbocycles. The fourth-order valence-electron chi connectivity index (χ4n) is 8.07. The van der Waals surface area contributed by atoms with E-state index in [-0.39, 0.29) is 47.7 Å². The number of aliphatic hydroxyl groups is 20. The van der Waals surface area contributed by atoms with Gasteiger partial charge >= 0.3 is 23.9 Å². The third kappa shape index (κ3) is 50.9. The number of rotatable bonds is 38. The number of halogens is 4. The van der Waals surface area contributed by atoms with Crippen molar-refractivity contribution in [3.8, 4) is 0 Å². The van der Waals surface area contributed by atoms with E-state index in [1.54, 1.807) is 97.1 Å². The predicted octanol–water partition coefficient (Wildman–Crippen LogP) is -7.30. The number of guanidine groups is 8. The summed E-state index contributed by atoms with van der Waals surface area (Å²) in [7, 11) is 0. The Morgan fingerprint density at radius 2 is 0.417 bits per heavy atom. The van der Waals surface area contributed by atoms with Crippen LogP contribution in [0.3, 0.4) is 0 Å². The minimum absolute atomic E-state index is 0.124. The number of aliphatic imine (C=N–C) groups is 8. The molecule has 0 saturated heterocycles. The Morgan fingerprint density at radius 1 is 0.267 bits per heavy atom. The minimum atomic E-state index is -2.20. The molecule has 0 heterocycles. The number of hydrogen-bond acceptors (Lipinski definition) is 28. The van der Waals surface area contributed by atoms with E-state index < -0.39 is 148 Å². The van der Waals surface area contributed by atoms with Crippen LogP contribution in [0.15, 0.2) is 137 Å². The first-order valence-electron chi connectivity index (χ1n) is 35.2. The number of anilines is 4. The van der Waals surface area contributed by atoms with Crippen LogP contribution in [0, 0.1) is 0 Å². The lowest BCUT2D eigenvalue weighted by Crippen LogP contribution is -2.48. The highest BCUT2D eigenvalue weighted by Gasteiger charge is 2.37. The summed E-state index contributed by atoms with van der Waals surface area (Å²) in [6, 6.07) is 28.3. The Bertz CT molecular complexity index is 3350. The van der Waals surface area contributed by atoms with Crippen molar-refractivity contribution >= 4 is 141 Å². The monoisotopic (exact) mass is 1790 g/mol. The van der Waals surface area contributed by atoms with Crippen molar-refractivity contribution in [2.24, 2.45) is 85.8 Å². The first kappa shape index (κ1) is 112. The summed E-state index contributed by atoms with van der Waals surface area (Å²) in [4.78, 5) is 73.3. The van der Waals surface area contributed by atoms with Gasteiger partial charge in [0.2, 0.25) is 47.7 Å². The van der Waals surface area contributed by atoms with Gasteiger partial charge < -0.3 is 190 Å². The summed E-state index contributed by atoms with van der Waals surface area (Å²) in [5, 5.41) is 221. The highest BCUT2D eigenvalue weighted by atomic mass is 35.5. The molecule has 44 N–H and O–H groups in total. The second-order valence-electron chi connectivity index (χ2n) is 24.4. The zero-order valence-corrected chi connectivity index (χ0v) is 66.9. The van der Waals surface area contributed by atoms with Gasteiger partial charge in [-0.1, -0.05) is 72.1 Å². The van der Waals surface area contributed by atoms with E-state index in [9.17, 15) is 19.2 Å². The van der Waals surface area contributed by atoms with Crippen molar-refractivity contribution in [3.05, 3.63) is 117 Å². The molecule has 120 heavy (non-hydrogen) atoms. The summed E-state index contributed by atoms with van der Waals surface area (Å²) in [6.45, 7) is -1.12. The molecular weight excluding hydrogens is 1690 g/mol. The lowest BCUT2D eigenvalue weighted by Gasteiger charge is -2.23. The van der Waals surface area contributed by atoms with Crippen LogP contribution in [-0.4, -0.2) is 344 Å². The number of benzene rings is 4. The predicted molar refractivity (Wildman–Crippen MR) is 445 cm³/mol. The zero-order valence-electron chi connectivity index (χ0n) is 63.9. The largest absolute Gasteiger partial charge is 0.479 e. The number of carboxylic acids is 4. The Labute approximate surface area is 705 Å². The molecule has 4 aromatic carbocycles. The van der Waals surface area contributed by atoms with Gasteiger partial charge in [-0.05, 0) is 123 Å². The van der Waals surface area contributed by atoms with Crippen molar-refractivity contribution in [2.75, 3.05) is 73.9 Å². The molecule has 4 rings (SSSR count). The number of carbonyl (C=O) groups is 4. The van der Waals surface area contributed by atoms with Crippen molar-refractivity contribution in [3.63, 3.8) is 0 Å². The molecule has 0 aromatic heterocycles. The van der Waals surface area contributed by atoms with Crippen LogP contribution in [0.5, 0.6) is 0 Å². The molecular formula is C68H108Cl4N20O28. The molecule has 0 bridgehead atoms. The van der Waals surface area contributed by atoms with E-state index in [2.05, 4.69) is 61.2 Å². The second-order valence-corrected chi connectivity index (χ2v) is 26.1. The SMILES string of the molecule is NC(=NCCCCCCN=C(N)N=C(N)Nc1ccc(Cl)cc1)N=C(N)Nc1ccc(Cl)cc1.NC(=NCCCCCCN=C(N)N=C(N)Nc1ccc(Cl)cc1)N=C(N)Nc1ccc(Cl)cc1.O=C(O)[C@H](O)[C@@H](O)[C@H](O)[C@H](O)CO.O=C(O)[C@H](O)[C@@H](O)[C@H](O)[C@H](O)CO.O=C(O)[C@H](O)[C@@H](O)[C@H](O)[C@H](O)CO.O=C(O)[C@H](O)[C@@H](O)[C@H](O)[C@H](O)CO. The summed E-state index contributed by atoms with van der Waals surface area (Å²) < 4.78 is 0. The number of nitrogens with one attached hydrogen (secondary N) is 4. The number of carboxylic acid groups (broad SMARTS) is 4. The maximum atomic E-state index is 10.1. The number of aliphatic carboxylic acids is 4. The maximum Gasteiger partial charge on any atom is 0.335 e. The van der Waals surface area contributed by atoms with Crippen molar-refractivity contribution in [1.82, 2.24) is 0 Å². The van der Waals surface area contributed by atoms with Crippen LogP contribution in [0.2, 0.25) is 20.1 Å². The lowest BCUT2D eigenvalue weighted by molar-refractivity contribution is -0.164. The minimum Gasteiger partial charge on any atom is -0.479 e. The van der Waals surface area contributed by atoms with Gasteiger partial charge in [-0.2, -0.15) is 20.0 Å². The van der Waals surface area contributed by atoms with Crippen molar-refractivity contribution in [1.29, 1.82) is 0 Å². The lowest BCUT2D eigenvalue weighted by atomic mass is 10.0. The fraction of sp³-hybridized carbons (Fsp3) is 0.471. The van der Waals surface area contributed by atoms with E-state index in [1.807, 2.05) is 0 Å². The van der Waals surface area contributed by atoms with Gasteiger partial charge in [0.15, 0.2) is 24.4 Å². The summed E-state index contributed by atoms with van der Waals surface area (Å²) in [5.41, 5.74) is 49.5. The van der Waals surface area contributed by atoms with Crippen LogP contribution in [-0.2, 0) is 19.2 Å². The van der Waals surface area contributed by atoms with E-state index in [1.165, 1.54) is 0 Å². The van der Waals surface area contributed by atoms with Gasteiger partial charge in [0.25, 0.3) is 0 Å². The van der Waals surface area contributed by atoms with Crippen LogP contribution in [0.25, 0.3) is 0 Å². The normalized spacial score (nSPS) is 16.3. The molecule has 48 nitrogen and oxygen atoms in total. The molecule has 0 radical (unpaired) electrons. The van der Waals surface area contributed by atoms with Crippen LogP contribution in [0.1, 0.15) is 51.4 Å². The molecule has 0 fully saturated rings. The van der Waals surface area contributed by atoms with E-state index in [4.69, 9.17) is 215 Å². The molecule has 4 aromatic rings. The Hall–Kier alpha value is -9.92. The van der Waals surface area contributed by atoms with Crippen molar-refractivity contribution < 1.29 is 142 Å². The fourth-order valence-corrected chi connectivity index (χ4v) is 8.58. The van der Waals surface area contributed by atoms with Crippen LogP contribution < -0.4 is 67.1 Å². The maximum absolute atomic E-state index is 10.1. The molecule has 0 saturated carbocycles. The van der Waals surface area contributed by atoms with E-state index in [0.29, 0.717) is 46.3 Å². The zero-order chi connectivity index (χ0) is 91.9. The number of hydrogen-bond donors (Lipinski definition) is 36. The first-order chi connectivity index (χ1) is 56.3. The second kappa shape index (κ2) is 63.1. The quantitative estimate of drug-likeness (QED) is 0.0113. The Balaban J connectivity index is 0. The Kier molecular flexibility index (Phi) is 59.0. The molecule has 0 aliphatic rings. The average molecular weight is 1800 g/mol. The Morgan fingerprint density at radius 3 is 0.550 bits per heavy atom. The van der Waals surface area contributed by atoms with Gasteiger partial charge in [0, 0.05) is 69.0 Å². The highest BCUT2D eigenvalue weighted by Crippen LogP contribution is 2.18. The molecule has 0 aliphatic heterocycles. The number of nitrogens with zero attached hydrogens (tertiary/aromatic N) is 8. The van der Waals surface area contributed by atoms with E-state index in [0.717, 1.165) is 74.1 Å². The number of aliphatic hydroxyl groups excluding tert-OH is 20. The average Bonchev–Trinajstić information content (AvgIpc) is 0.954. The van der Waals surface area contributed by atoms with Crippen molar-refractivity contribution in [2.45, 2.75) is 149 Å². The van der Waals surface area contributed by atoms with Crippen LogP contribution >= 0.6 is 46.4 Å². The van der Waals surface area contributed by atoms with Gasteiger partial charge in [-0.25, -0.2) is 19.2 Å². The topological polar surface area (TPSA) is 909 Å². The van der Waals surface area contributed by atoms with Gasteiger partial charge in [-0.3, -0.25) is 20.0 Å². The summed E-state index contributed by atoms with van der Waals surface area (Å²) in [6.07, 6.45) is -24.0. The molecule has 0 unspecified atom stereocenters. The van der Waals surface area contributed by atoms with Gasteiger partial charge in [0.1, 0.15) is 73.2 Å². The van der Waals surface area contributed by atoms with Crippen LogP contribution in [0.4, 0.5) is 22.7 Å². The number of nitrogens with two attached hydrogens (primary N) is 8. The summed E-state index contributed by atoms with van der Waals surface area (Å²) >= 11 is 23.4. The van der Waals surface area contributed by atoms with E-state index >= 15 is 0 Å². The standard InChI is InChI=1S/2C22H30Cl2N10.4C6H12O7/c2*23-15-5-9-17(10-6-15)31-21(27)33-19(25)29-13-3-1-2-4-14-30-20(26)34-22(28)32-18-11-7-16(24)8-12-18;4*7-1-2(8)3(9)4(10)5(11)6(12)13/h2*5-12H,1-4,13-14H2,(H5,25,27,29,31,33)(H5,26,28,30,32,34);4*2-5,7-11H,1H2,(H,12,13)/t;;4*2-,3-,4+,5-/m..1111/s1. The number of unbranched alkanes of at least 4 members (excludes halogenated alkanes) is 6. The molecule has 676 valence electrons. The molecule has 0 spiro atoms. The first-order valence-corrected chi connectivity index (χ1v) is 36.7. The smallest absolute Gasteiger partial charge is 0.335 e. The van der Waals surface area contributed by atoms with Gasteiger partial charge in [0.05, 0.1) is 26.4 Å². The molecule has 52 heteroatoms. The third-order valence-corrected chi connectivity index (χ3v) is 15.7. The molecule has 0 amide bonds. The van der Waals surface area contributed by atoms with Gasteiger partial charge in [-0.15, -0.1) is 0 Å².